The minimum atomic E-state index is -1.32. The molecule has 61 heavy (non-hydrogen) atoms. The van der Waals surface area contributed by atoms with Crippen molar-refractivity contribution >= 4 is 52.6 Å². The second-order valence-corrected chi connectivity index (χ2v) is 14.5. The Morgan fingerprint density at radius 2 is 1.44 bits per heavy atom. The number of H-pyrrole nitrogens is 1. The van der Waals surface area contributed by atoms with Crippen molar-refractivity contribution in [2.24, 2.45) is 22.2 Å². The first-order valence-corrected chi connectivity index (χ1v) is 20.3. The van der Waals surface area contributed by atoms with Gasteiger partial charge in [-0.3, -0.25) is 29.0 Å². The number of fused-ring (bicyclic) bond motifs is 1. The van der Waals surface area contributed by atoms with Gasteiger partial charge >= 0.3 is 0 Å². The second kappa shape index (κ2) is 25.1. The van der Waals surface area contributed by atoms with Crippen LogP contribution in [0.5, 0.6) is 0 Å². The summed E-state index contributed by atoms with van der Waals surface area (Å²) in [5, 5.41) is 15.7. The molecule has 0 spiro atoms. The molecule has 0 bridgehead atoms. The number of amides is 5. The number of aliphatic imine (C=N–C) groups is 1. The number of aromatic amines is 1. The Hall–Kier alpha value is -6.69. The molecule has 0 saturated heterocycles. The fourth-order valence-electron chi connectivity index (χ4n) is 6.61. The van der Waals surface area contributed by atoms with E-state index in [0.717, 1.165) is 16.3 Å². The third-order valence-corrected chi connectivity index (χ3v) is 9.83. The van der Waals surface area contributed by atoms with Crippen molar-refractivity contribution in [1.82, 2.24) is 36.6 Å². The number of benzene rings is 3. The van der Waals surface area contributed by atoms with Crippen LogP contribution in [0.2, 0.25) is 0 Å². The maximum Gasteiger partial charge on any atom is 0.243 e. The predicted octanol–water partition coefficient (Wildman–Crippen LogP) is 0.947. The quantitative estimate of drug-likeness (QED) is 0.0187. The summed E-state index contributed by atoms with van der Waals surface area (Å²) in [4.78, 5) is 91.1. The molecule has 5 amide bonds. The minimum absolute atomic E-state index is 0.0395. The molecule has 1 heterocycles. The van der Waals surface area contributed by atoms with Crippen molar-refractivity contribution in [3.05, 3.63) is 102 Å². The number of aldehydes is 1. The summed E-state index contributed by atoms with van der Waals surface area (Å²) in [7, 11) is 0. The highest BCUT2D eigenvalue weighted by molar-refractivity contribution is 5.96. The molecule has 0 unspecified atom stereocenters. The number of hydrogen-bond donors (Lipinski definition) is 9. The lowest BCUT2D eigenvalue weighted by atomic mass is 10.0. The van der Waals surface area contributed by atoms with E-state index in [1.54, 1.807) is 0 Å². The van der Waals surface area contributed by atoms with Gasteiger partial charge in [0.1, 0.15) is 36.3 Å². The molecule has 3 aromatic carbocycles. The van der Waals surface area contributed by atoms with Crippen LogP contribution < -0.4 is 43.8 Å². The number of halogens is 1. The molecule has 0 aliphatic heterocycles. The number of imidazole rings is 1. The number of rotatable bonds is 26. The first-order valence-electron chi connectivity index (χ1n) is 20.3. The molecule has 4 rings (SSSR count). The molecule has 17 nitrogen and oxygen atoms in total. The van der Waals surface area contributed by atoms with Crippen molar-refractivity contribution in [3.8, 4) is 0 Å². The standard InChI is InChI=1S/C43H56FN11O6/c44-31-17-14-28(15-18-31)24-36(41(60)53-34(12-6-22-50-43(46)47)39(58)49-21-4-3-20-45)54-42(61)37(25-32-26-48-27-51-32)55-40(59)35(13-7-23-56)52-38(57)19-16-30-10-5-9-29-8-1-2-11-33(29)30/h1-2,5,8-11,14-15,17-18,23,26-27,34-37H,3-4,6-7,12-13,16,19-22,24-25,45H2,(H,48,51)(H,49,58)(H,52,57)(H,53,60)(H,54,61)(H,55,59)(H4,46,47,50)/t34-,35-,36+,37-/m0/s1. The normalized spacial score (nSPS) is 12.9. The van der Waals surface area contributed by atoms with E-state index in [4.69, 9.17) is 17.2 Å². The van der Waals surface area contributed by atoms with E-state index in [9.17, 15) is 33.2 Å². The van der Waals surface area contributed by atoms with E-state index >= 15 is 0 Å². The molecule has 12 N–H and O–H groups in total. The molecular weight excluding hydrogens is 786 g/mol. The van der Waals surface area contributed by atoms with E-state index < -0.39 is 59.5 Å². The Kier molecular flexibility index (Phi) is 19.3. The molecule has 18 heteroatoms. The van der Waals surface area contributed by atoms with E-state index in [2.05, 4.69) is 41.5 Å². The molecule has 1 aromatic heterocycles. The Balaban J connectivity index is 1.53. The topological polar surface area (TPSA) is 282 Å². The number of aryl methyl sites for hydroxylation is 1. The van der Waals surface area contributed by atoms with Gasteiger partial charge in [0.15, 0.2) is 5.96 Å². The van der Waals surface area contributed by atoms with Crippen molar-refractivity contribution in [3.63, 3.8) is 0 Å². The predicted molar refractivity (Wildman–Crippen MR) is 229 cm³/mol. The average molecular weight is 842 g/mol. The van der Waals surface area contributed by atoms with Gasteiger partial charge < -0.3 is 53.6 Å². The van der Waals surface area contributed by atoms with Gasteiger partial charge in [0.25, 0.3) is 0 Å². The highest BCUT2D eigenvalue weighted by atomic mass is 19.1. The third kappa shape index (κ3) is 16.1. The Morgan fingerprint density at radius 3 is 2.13 bits per heavy atom. The van der Waals surface area contributed by atoms with Gasteiger partial charge in [-0.1, -0.05) is 54.6 Å². The number of guanidine groups is 1. The number of nitrogens with one attached hydrogen (secondary N) is 6. The molecule has 4 aromatic rings. The number of unbranched alkanes of at least 4 members (excludes halogenated alkanes) is 1. The van der Waals surface area contributed by atoms with Crippen molar-refractivity contribution < 1.29 is 33.2 Å². The highest BCUT2D eigenvalue weighted by Gasteiger charge is 2.32. The van der Waals surface area contributed by atoms with Crippen molar-refractivity contribution in [1.29, 1.82) is 0 Å². The largest absolute Gasteiger partial charge is 0.370 e. The lowest BCUT2D eigenvalue weighted by molar-refractivity contribution is -0.134. The molecular formula is C43H56FN11O6. The molecule has 4 atom stereocenters. The summed E-state index contributed by atoms with van der Waals surface area (Å²) in [6.45, 7) is 0.958. The van der Waals surface area contributed by atoms with E-state index in [1.807, 2.05) is 42.5 Å². The Morgan fingerprint density at radius 1 is 0.770 bits per heavy atom. The second-order valence-electron chi connectivity index (χ2n) is 14.5. The zero-order chi connectivity index (χ0) is 44.0. The number of carbonyl (C=O) groups is 6. The summed E-state index contributed by atoms with van der Waals surface area (Å²) in [6.07, 6.45) is 5.42. The zero-order valence-electron chi connectivity index (χ0n) is 34.0. The number of carbonyl (C=O) groups excluding carboxylic acids is 6. The van der Waals surface area contributed by atoms with Crippen LogP contribution in [-0.2, 0) is 48.0 Å². The molecule has 0 fully saturated rings. The van der Waals surface area contributed by atoms with Crippen LogP contribution in [0.15, 0.2) is 84.2 Å². The average Bonchev–Trinajstić information content (AvgIpc) is 3.77. The fraction of sp³-hybridized carbons (Fsp3) is 0.395. The van der Waals surface area contributed by atoms with Gasteiger partial charge in [0, 0.05) is 50.7 Å². The van der Waals surface area contributed by atoms with Crippen LogP contribution in [-0.4, -0.2) is 95.6 Å². The molecule has 0 aliphatic carbocycles. The first-order chi connectivity index (χ1) is 29.5. The Labute approximate surface area is 353 Å². The van der Waals surface area contributed by atoms with E-state index in [-0.39, 0.29) is 51.0 Å². The SMILES string of the molecule is NCCCCNC(=O)[C@H](CCCN=C(N)N)NC(=O)[C@@H](Cc1ccc(F)cc1)NC(=O)[C@H](Cc1cnc[nH]1)NC(=O)[C@H](CCC=O)NC(=O)CCc1cccc2ccccc12. The smallest absolute Gasteiger partial charge is 0.243 e. The fourth-order valence-corrected chi connectivity index (χ4v) is 6.61. The maximum absolute atomic E-state index is 14.2. The highest BCUT2D eigenvalue weighted by Crippen LogP contribution is 2.20. The summed E-state index contributed by atoms with van der Waals surface area (Å²) >= 11 is 0. The van der Waals surface area contributed by atoms with Gasteiger partial charge in [-0.05, 0) is 79.1 Å². The first kappa shape index (κ1) is 47.0. The van der Waals surface area contributed by atoms with Gasteiger partial charge in [-0.25, -0.2) is 9.37 Å². The van der Waals surface area contributed by atoms with Crippen molar-refractivity contribution in [2.45, 2.75) is 88.4 Å². The van der Waals surface area contributed by atoms with Crippen molar-refractivity contribution in [2.75, 3.05) is 19.6 Å². The van der Waals surface area contributed by atoms with Crippen LogP contribution >= 0.6 is 0 Å². The lowest BCUT2D eigenvalue weighted by Gasteiger charge is -2.26. The number of aromatic nitrogens is 2. The van der Waals surface area contributed by atoms with Gasteiger partial charge in [0.05, 0.1) is 6.33 Å². The summed E-state index contributed by atoms with van der Waals surface area (Å²) < 4.78 is 13.9. The minimum Gasteiger partial charge on any atom is -0.370 e. The van der Waals surface area contributed by atoms with Crippen LogP contribution in [0.4, 0.5) is 4.39 Å². The van der Waals surface area contributed by atoms with Gasteiger partial charge in [0.2, 0.25) is 29.5 Å². The summed E-state index contributed by atoms with van der Waals surface area (Å²) in [6, 6.07) is 14.1. The molecule has 0 radical (unpaired) electrons. The number of nitrogens with zero attached hydrogens (tertiary/aromatic N) is 2. The van der Waals surface area contributed by atoms with Crippen LogP contribution in [0.1, 0.15) is 61.8 Å². The van der Waals surface area contributed by atoms with Crippen LogP contribution in [0, 0.1) is 5.82 Å². The molecule has 0 aliphatic rings. The van der Waals surface area contributed by atoms with Crippen LogP contribution in [0.25, 0.3) is 10.8 Å². The van der Waals surface area contributed by atoms with E-state index in [0.29, 0.717) is 56.3 Å². The summed E-state index contributed by atoms with van der Waals surface area (Å²) in [5.41, 5.74) is 18.4. The van der Waals surface area contributed by atoms with Gasteiger partial charge in [-0.2, -0.15) is 0 Å². The third-order valence-electron chi connectivity index (χ3n) is 9.83. The lowest BCUT2D eigenvalue weighted by Crippen LogP contribution is -2.59. The summed E-state index contributed by atoms with van der Waals surface area (Å²) in [5.74, 6) is -3.76. The Bertz CT molecular complexity index is 2070. The van der Waals surface area contributed by atoms with Crippen LogP contribution in [0.3, 0.4) is 0 Å². The number of hydrogen-bond acceptors (Lipinski definition) is 9. The monoisotopic (exact) mass is 841 g/mol. The molecule has 0 saturated carbocycles. The van der Waals surface area contributed by atoms with Gasteiger partial charge in [-0.15, -0.1) is 0 Å². The van der Waals surface area contributed by atoms with E-state index in [1.165, 1.54) is 36.8 Å². The maximum atomic E-state index is 14.2. The zero-order valence-corrected chi connectivity index (χ0v) is 34.0. The number of nitrogens with two attached hydrogens (primary N) is 3. The molecule has 326 valence electrons.